The predicted molar refractivity (Wildman–Crippen MR) is 82.9 cm³/mol. The molecule has 0 saturated heterocycles. The normalized spacial score (nSPS) is 15.1. The van der Waals surface area contributed by atoms with Crippen molar-refractivity contribution in [1.82, 2.24) is 5.32 Å². The van der Waals surface area contributed by atoms with Gasteiger partial charge in [0.05, 0.1) is 6.61 Å². The number of ether oxygens (including phenoxy) is 1. The zero-order valence-electron chi connectivity index (χ0n) is 10.8. The minimum Gasteiger partial charge on any atom is -0.493 e. The van der Waals surface area contributed by atoms with Crippen molar-refractivity contribution in [1.29, 1.82) is 0 Å². The minimum atomic E-state index is 0.363. The molecule has 1 aliphatic heterocycles. The van der Waals surface area contributed by atoms with Crippen LogP contribution in [0.4, 0.5) is 0 Å². The third-order valence-corrected chi connectivity index (χ3v) is 4.63. The van der Waals surface area contributed by atoms with Crippen LogP contribution in [0.3, 0.4) is 0 Å². The summed E-state index contributed by atoms with van der Waals surface area (Å²) in [5.41, 5.74) is 3.90. The summed E-state index contributed by atoms with van der Waals surface area (Å²) in [5.74, 6) is 1.08. The first kappa shape index (κ1) is 13.2. The molecule has 4 heteroatoms. The molecule has 2 aromatic rings. The zero-order chi connectivity index (χ0) is 13.2. The molecule has 0 radical (unpaired) electrons. The molecule has 1 atom stereocenters. The van der Waals surface area contributed by atoms with Gasteiger partial charge in [0, 0.05) is 29.0 Å². The molecule has 3 rings (SSSR count). The van der Waals surface area contributed by atoms with Crippen molar-refractivity contribution in [2.75, 3.05) is 6.61 Å². The van der Waals surface area contributed by atoms with Gasteiger partial charge in [-0.2, -0.15) is 11.3 Å². The number of rotatable bonds is 4. The van der Waals surface area contributed by atoms with Crippen molar-refractivity contribution in [3.8, 4) is 5.75 Å². The van der Waals surface area contributed by atoms with Crippen LogP contribution >= 0.6 is 27.3 Å². The molecule has 2 heterocycles. The molecule has 0 amide bonds. The van der Waals surface area contributed by atoms with E-state index < -0.39 is 0 Å². The first-order chi connectivity index (χ1) is 9.24. The second-order valence-corrected chi connectivity index (χ2v) is 6.51. The Morgan fingerprint density at radius 1 is 1.47 bits per heavy atom. The second kappa shape index (κ2) is 5.65. The second-order valence-electron chi connectivity index (χ2n) is 4.81. The molecule has 0 spiro atoms. The number of halogens is 1. The Kier molecular flexibility index (Phi) is 3.91. The van der Waals surface area contributed by atoms with Crippen molar-refractivity contribution < 1.29 is 4.74 Å². The standard InChI is InChI=1S/C15H16BrNOS/c1-10(12-3-5-19-9-12)17-8-13-7-14(16)6-11-2-4-18-15(11)13/h3,5-7,9-10,17H,2,4,8H2,1H3. The lowest BCUT2D eigenvalue weighted by Crippen LogP contribution is -2.18. The SMILES string of the molecule is CC(NCc1cc(Br)cc2c1OCC2)c1ccsc1. The number of nitrogens with one attached hydrogen (secondary N) is 1. The monoisotopic (exact) mass is 337 g/mol. The molecule has 1 unspecified atom stereocenters. The highest BCUT2D eigenvalue weighted by Crippen LogP contribution is 2.33. The van der Waals surface area contributed by atoms with E-state index in [2.05, 4.69) is 57.1 Å². The molecule has 1 aromatic carbocycles. The summed E-state index contributed by atoms with van der Waals surface area (Å²) >= 11 is 5.32. The Morgan fingerprint density at radius 2 is 2.37 bits per heavy atom. The highest BCUT2D eigenvalue weighted by atomic mass is 79.9. The Morgan fingerprint density at radius 3 is 3.16 bits per heavy atom. The zero-order valence-corrected chi connectivity index (χ0v) is 13.2. The van der Waals surface area contributed by atoms with Gasteiger partial charge in [-0.05, 0) is 47.0 Å². The molecule has 1 N–H and O–H groups in total. The van der Waals surface area contributed by atoms with Crippen LogP contribution in [0.1, 0.15) is 29.7 Å². The van der Waals surface area contributed by atoms with E-state index >= 15 is 0 Å². The van der Waals surface area contributed by atoms with E-state index in [0.717, 1.165) is 29.8 Å². The maximum atomic E-state index is 5.75. The Hall–Kier alpha value is -0.840. The molecule has 19 heavy (non-hydrogen) atoms. The summed E-state index contributed by atoms with van der Waals surface area (Å²) < 4.78 is 6.88. The van der Waals surface area contributed by atoms with Gasteiger partial charge in [-0.15, -0.1) is 0 Å². The molecule has 0 saturated carbocycles. The summed E-state index contributed by atoms with van der Waals surface area (Å²) in [6.45, 7) is 3.83. The number of thiophene rings is 1. The van der Waals surface area contributed by atoms with E-state index in [1.54, 1.807) is 11.3 Å². The smallest absolute Gasteiger partial charge is 0.127 e. The van der Waals surface area contributed by atoms with Crippen LogP contribution in [0.5, 0.6) is 5.75 Å². The number of fused-ring (bicyclic) bond motifs is 1. The van der Waals surface area contributed by atoms with Crippen LogP contribution in [0.15, 0.2) is 33.4 Å². The molecule has 0 aliphatic carbocycles. The number of hydrogen-bond acceptors (Lipinski definition) is 3. The lowest BCUT2D eigenvalue weighted by atomic mass is 10.1. The third kappa shape index (κ3) is 2.86. The van der Waals surface area contributed by atoms with E-state index in [1.165, 1.54) is 16.7 Å². The first-order valence-electron chi connectivity index (χ1n) is 6.43. The average molecular weight is 338 g/mol. The van der Waals surface area contributed by atoms with Crippen LogP contribution in [0, 0.1) is 0 Å². The van der Waals surface area contributed by atoms with Gasteiger partial charge in [-0.25, -0.2) is 0 Å². The lowest BCUT2D eigenvalue weighted by molar-refractivity contribution is 0.351. The van der Waals surface area contributed by atoms with Crippen LogP contribution in [-0.4, -0.2) is 6.61 Å². The highest BCUT2D eigenvalue weighted by Gasteiger charge is 2.17. The summed E-state index contributed by atoms with van der Waals surface area (Å²) in [6.07, 6.45) is 1.02. The molecular formula is C15H16BrNOS. The summed E-state index contributed by atoms with van der Waals surface area (Å²) in [7, 11) is 0. The van der Waals surface area contributed by atoms with Crippen LogP contribution in [0.25, 0.3) is 0 Å². The van der Waals surface area contributed by atoms with E-state index in [1.807, 2.05) is 0 Å². The average Bonchev–Trinajstić information content (AvgIpc) is 3.05. The molecule has 1 aromatic heterocycles. The first-order valence-corrected chi connectivity index (χ1v) is 8.17. The highest BCUT2D eigenvalue weighted by molar-refractivity contribution is 9.10. The van der Waals surface area contributed by atoms with Gasteiger partial charge in [0.25, 0.3) is 0 Å². The molecule has 100 valence electrons. The quantitative estimate of drug-likeness (QED) is 0.898. The molecule has 0 fully saturated rings. The largest absolute Gasteiger partial charge is 0.493 e. The van der Waals surface area contributed by atoms with E-state index in [-0.39, 0.29) is 0 Å². The number of benzene rings is 1. The minimum absolute atomic E-state index is 0.363. The van der Waals surface area contributed by atoms with Crippen molar-refractivity contribution in [3.63, 3.8) is 0 Å². The van der Waals surface area contributed by atoms with Gasteiger partial charge in [0.2, 0.25) is 0 Å². The fourth-order valence-electron chi connectivity index (χ4n) is 2.38. The maximum Gasteiger partial charge on any atom is 0.127 e. The van der Waals surface area contributed by atoms with Gasteiger partial charge in [0.1, 0.15) is 5.75 Å². The number of hydrogen-bond donors (Lipinski definition) is 1. The lowest BCUT2D eigenvalue weighted by Gasteiger charge is -2.15. The fourth-order valence-corrected chi connectivity index (χ4v) is 3.69. The third-order valence-electron chi connectivity index (χ3n) is 3.47. The van der Waals surface area contributed by atoms with Gasteiger partial charge >= 0.3 is 0 Å². The molecular weight excluding hydrogens is 322 g/mol. The predicted octanol–water partition coefficient (Wildman–Crippen LogP) is 4.30. The summed E-state index contributed by atoms with van der Waals surface area (Å²) in [6, 6.07) is 6.85. The van der Waals surface area contributed by atoms with Crippen molar-refractivity contribution in [2.45, 2.75) is 25.9 Å². The summed E-state index contributed by atoms with van der Waals surface area (Å²) in [5, 5.41) is 7.88. The van der Waals surface area contributed by atoms with Gasteiger partial charge in [-0.1, -0.05) is 15.9 Å². The van der Waals surface area contributed by atoms with E-state index in [0.29, 0.717) is 6.04 Å². The van der Waals surface area contributed by atoms with E-state index in [4.69, 9.17) is 4.74 Å². The van der Waals surface area contributed by atoms with Crippen LogP contribution in [-0.2, 0) is 13.0 Å². The van der Waals surface area contributed by atoms with Crippen LogP contribution in [0.2, 0.25) is 0 Å². The van der Waals surface area contributed by atoms with E-state index in [9.17, 15) is 0 Å². The molecule has 0 bridgehead atoms. The fraction of sp³-hybridized carbons (Fsp3) is 0.333. The Labute approximate surface area is 125 Å². The topological polar surface area (TPSA) is 21.3 Å². The maximum absolute atomic E-state index is 5.75. The Balaban J connectivity index is 1.74. The van der Waals surface area contributed by atoms with Gasteiger partial charge in [-0.3, -0.25) is 0 Å². The van der Waals surface area contributed by atoms with Gasteiger partial charge in [0.15, 0.2) is 0 Å². The summed E-state index contributed by atoms with van der Waals surface area (Å²) in [4.78, 5) is 0. The van der Waals surface area contributed by atoms with Gasteiger partial charge < -0.3 is 10.1 Å². The van der Waals surface area contributed by atoms with Crippen molar-refractivity contribution in [3.05, 3.63) is 50.1 Å². The van der Waals surface area contributed by atoms with Crippen LogP contribution < -0.4 is 10.1 Å². The molecule has 1 aliphatic rings. The van der Waals surface area contributed by atoms with Crippen molar-refractivity contribution >= 4 is 27.3 Å². The Bertz CT molecular complexity index is 568. The molecule has 2 nitrogen and oxygen atoms in total. The van der Waals surface area contributed by atoms with Crippen molar-refractivity contribution in [2.24, 2.45) is 0 Å².